The molecule has 0 aromatic heterocycles. The predicted octanol–water partition coefficient (Wildman–Crippen LogP) is 6.14. The fourth-order valence-corrected chi connectivity index (χ4v) is 2.91. The molecule has 0 spiro atoms. The number of aliphatic carboxylic acids is 1. The topological polar surface area (TPSA) is 80.4 Å². The van der Waals surface area contributed by atoms with Crippen LogP contribution in [0.25, 0.3) is 0 Å². The second kappa shape index (κ2) is 17.4. The lowest BCUT2D eigenvalue weighted by atomic mass is 10.0. The van der Waals surface area contributed by atoms with Gasteiger partial charge in [0.05, 0.1) is 0 Å². The molecule has 0 radical (unpaired) electrons. The molecule has 0 aromatic rings. The molecule has 5 heteroatoms. The van der Waals surface area contributed by atoms with Crippen LogP contribution in [-0.4, -0.2) is 22.0 Å². The van der Waals surface area contributed by atoms with Crippen molar-refractivity contribution < 1.29 is 14.8 Å². The van der Waals surface area contributed by atoms with Crippen LogP contribution in [0.1, 0.15) is 103 Å². The van der Waals surface area contributed by atoms with Crippen LogP contribution in [0.5, 0.6) is 0 Å². The first-order valence-corrected chi connectivity index (χ1v) is 10.1. The minimum Gasteiger partial charge on any atom is -0.481 e. The number of hydrogen-bond donors (Lipinski definition) is 1. The van der Waals surface area contributed by atoms with Crippen molar-refractivity contribution in [2.45, 2.75) is 109 Å². The number of nitro groups is 1. The van der Waals surface area contributed by atoms with Crippen LogP contribution in [0, 0.1) is 10.1 Å². The Hall–Kier alpha value is -1.39. The van der Waals surface area contributed by atoms with Gasteiger partial charge in [-0.3, -0.25) is 14.9 Å². The Balaban J connectivity index is 3.65. The summed E-state index contributed by atoms with van der Waals surface area (Å²) >= 11 is 0. The van der Waals surface area contributed by atoms with Crippen molar-refractivity contribution in [2.75, 3.05) is 0 Å². The Morgan fingerprint density at radius 2 is 1.56 bits per heavy atom. The maximum Gasteiger partial charge on any atom is 0.303 e. The maximum atomic E-state index is 11.1. The highest BCUT2D eigenvalue weighted by molar-refractivity contribution is 5.66. The Morgan fingerprint density at radius 3 is 2.20 bits per heavy atom. The molecule has 0 aliphatic carbocycles. The van der Waals surface area contributed by atoms with Crippen molar-refractivity contribution in [3.8, 4) is 0 Å². The minimum atomic E-state index is -0.749. The SMILES string of the molecule is CCCCCCCC/C=C\CC(CCCCCCCC(=O)O)[N+](=O)[O-]. The zero-order valence-corrected chi connectivity index (χ0v) is 16.0. The van der Waals surface area contributed by atoms with Crippen LogP contribution in [0.15, 0.2) is 12.2 Å². The van der Waals surface area contributed by atoms with E-state index >= 15 is 0 Å². The summed E-state index contributed by atoms with van der Waals surface area (Å²) < 4.78 is 0. The van der Waals surface area contributed by atoms with Crippen molar-refractivity contribution in [3.05, 3.63) is 22.3 Å². The molecule has 1 unspecified atom stereocenters. The van der Waals surface area contributed by atoms with Crippen molar-refractivity contribution in [3.63, 3.8) is 0 Å². The number of carboxylic acid groups (broad SMARTS) is 1. The molecule has 0 amide bonds. The fourth-order valence-electron chi connectivity index (χ4n) is 2.91. The van der Waals surface area contributed by atoms with Crippen LogP contribution < -0.4 is 0 Å². The van der Waals surface area contributed by atoms with Gasteiger partial charge in [-0.25, -0.2) is 0 Å². The number of carboxylic acids is 1. The van der Waals surface area contributed by atoms with Gasteiger partial charge >= 0.3 is 5.97 Å². The molecule has 0 aliphatic heterocycles. The quantitative estimate of drug-likeness (QED) is 0.138. The zero-order chi connectivity index (χ0) is 18.8. The molecule has 0 fully saturated rings. The number of allylic oxidation sites excluding steroid dienone is 1. The summed E-state index contributed by atoms with van der Waals surface area (Å²) in [7, 11) is 0. The van der Waals surface area contributed by atoms with Gasteiger partial charge in [0.1, 0.15) is 0 Å². The molecule has 0 saturated heterocycles. The first-order chi connectivity index (χ1) is 12.1. The van der Waals surface area contributed by atoms with Crippen molar-refractivity contribution >= 4 is 5.97 Å². The maximum absolute atomic E-state index is 11.1. The molecule has 0 rings (SSSR count). The molecule has 1 atom stereocenters. The third kappa shape index (κ3) is 17.2. The van der Waals surface area contributed by atoms with E-state index in [0.717, 1.165) is 32.1 Å². The number of nitrogens with zero attached hydrogens (tertiary/aromatic N) is 1. The van der Waals surface area contributed by atoms with Gasteiger partial charge in [0.2, 0.25) is 6.04 Å². The van der Waals surface area contributed by atoms with Crippen LogP contribution >= 0.6 is 0 Å². The van der Waals surface area contributed by atoms with Gasteiger partial charge in [-0.1, -0.05) is 70.4 Å². The number of rotatable bonds is 18. The van der Waals surface area contributed by atoms with Gasteiger partial charge in [0.25, 0.3) is 0 Å². The van der Waals surface area contributed by atoms with Crippen LogP contribution in [0.3, 0.4) is 0 Å². The standard InChI is InChI=1S/C20H37NO4/c1-2-3-4-5-6-7-8-10-13-16-19(21(24)25)17-14-11-9-12-15-18-20(22)23/h10,13,19H,2-9,11-12,14-18H2,1H3,(H,22,23)/b13-10-. The number of carbonyl (C=O) groups is 1. The molecule has 0 heterocycles. The highest BCUT2D eigenvalue weighted by Crippen LogP contribution is 2.13. The Morgan fingerprint density at radius 1 is 0.960 bits per heavy atom. The normalized spacial score (nSPS) is 12.5. The minimum absolute atomic E-state index is 0.153. The molecule has 25 heavy (non-hydrogen) atoms. The van der Waals surface area contributed by atoms with Gasteiger partial charge in [0.15, 0.2) is 0 Å². The molecule has 0 aromatic carbocycles. The molecular weight excluding hydrogens is 318 g/mol. The van der Waals surface area contributed by atoms with Gasteiger partial charge in [-0.15, -0.1) is 0 Å². The van der Waals surface area contributed by atoms with E-state index in [-0.39, 0.29) is 11.3 Å². The molecule has 0 aliphatic rings. The molecule has 146 valence electrons. The first-order valence-electron chi connectivity index (χ1n) is 10.1. The summed E-state index contributed by atoms with van der Waals surface area (Å²) in [6.45, 7) is 2.22. The summed E-state index contributed by atoms with van der Waals surface area (Å²) in [6, 6.07) is -0.472. The predicted molar refractivity (Wildman–Crippen MR) is 102 cm³/mol. The second-order valence-corrected chi connectivity index (χ2v) is 6.90. The number of unbranched alkanes of at least 4 members (excludes halogenated alkanes) is 10. The Labute approximate surface area is 153 Å². The highest BCUT2D eigenvalue weighted by Gasteiger charge is 2.17. The van der Waals surface area contributed by atoms with Gasteiger partial charge in [-0.05, 0) is 25.7 Å². The first kappa shape index (κ1) is 23.6. The van der Waals surface area contributed by atoms with E-state index in [1.54, 1.807) is 0 Å². The van der Waals surface area contributed by atoms with E-state index in [1.165, 1.54) is 38.5 Å². The largest absolute Gasteiger partial charge is 0.481 e. The third-order valence-corrected chi connectivity index (χ3v) is 4.53. The second-order valence-electron chi connectivity index (χ2n) is 6.90. The molecule has 0 saturated carbocycles. The smallest absolute Gasteiger partial charge is 0.303 e. The van der Waals surface area contributed by atoms with Crippen molar-refractivity contribution in [1.82, 2.24) is 0 Å². The van der Waals surface area contributed by atoms with E-state index in [9.17, 15) is 14.9 Å². The Bertz CT molecular complexity index is 369. The average Bonchev–Trinajstić information content (AvgIpc) is 2.57. The van der Waals surface area contributed by atoms with Crippen LogP contribution in [0.2, 0.25) is 0 Å². The Kier molecular flexibility index (Phi) is 16.5. The van der Waals surface area contributed by atoms with E-state index in [1.807, 2.05) is 6.08 Å². The number of hydrogen-bond acceptors (Lipinski definition) is 3. The van der Waals surface area contributed by atoms with E-state index in [4.69, 9.17) is 5.11 Å². The van der Waals surface area contributed by atoms with Gasteiger partial charge < -0.3 is 5.11 Å². The van der Waals surface area contributed by atoms with Gasteiger partial charge in [-0.2, -0.15) is 0 Å². The van der Waals surface area contributed by atoms with E-state index in [0.29, 0.717) is 19.3 Å². The summed E-state index contributed by atoms with van der Waals surface area (Å²) in [5.41, 5.74) is 0. The molecule has 1 N–H and O–H groups in total. The molecule has 5 nitrogen and oxygen atoms in total. The lowest BCUT2D eigenvalue weighted by molar-refractivity contribution is -0.522. The average molecular weight is 356 g/mol. The third-order valence-electron chi connectivity index (χ3n) is 4.53. The summed E-state index contributed by atoms with van der Waals surface area (Å²) in [5.74, 6) is -0.749. The van der Waals surface area contributed by atoms with Crippen LogP contribution in [-0.2, 0) is 4.79 Å². The highest BCUT2D eigenvalue weighted by atomic mass is 16.6. The van der Waals surface area contributed by atoms with E-state index < -0.39 is 12.0 Å². The van der Waals surface area contributed by atoms with Crippen LogP contribution in [0.4, 0.5) is 0 Å². The fraction of sp³-hybridized carbons (Fsp3) is 0.850. The van der Waals surface area contributed by atoms with Crippen molar-refractivity contribution in [2.24, 2.45) is 0 Å². The van der Waals surface area contributed by atoms with Crippen molar-refractivity contribution in [1.29, 1.82) is 0 Å². The summed E-state index contributed by atoms with van der Waals surface area (Å²) in [4.78, 5) is 21.4. The van der Waals surface area contributed by atoms with E-state index in [2.05, 4.69) is 13.0 Å². The zero-order valence-electron chi connectivity index (χ0n) is 16.0. The van der Waals surface area contributed by atoms with Gasteiger partial charge in [0, 0.05) is 24.2 Å². The molecular formula is C20H37NO4. The lowest BCUT2D eigenvalue weighted by Crippen LogP contribution is -2.18. The molecule has 0 bridgehead atoms. The lowest BCUT2D eigenvalue weighted by Gasteiger charge is -2.07. The monoisotopic (exact) mass is 355 g/mol. The summed E-state index contributed by atoms with van der Waals surface area (Å²) in [5, 5.41) is 19.7. The summed E-state index contributed by atoms with van der Waals surface area (Å²) in [6.07, 6.45) is 18.5.